The average molecular weight is 321 g/mol. The standard InChI is InChI=1S/C15H13ClN2O4/c1-22-12-4-2-3-10(7-12)9-17-15(19)13-6-5-11(16)8-14(13)18(20)21/h2-8H,9H2,1H3,(H,17,19). The van der Waals surface area contributed by atoms with Gasteiger partial charge in [-0.3, -0.25) is 14.9 Å². The van der Waals surface area contributed by atoms with Gasteiger partial charge in [-0.25, -0.2) is 0 Å². The predicted octanol–water partition coefficient (Wildman–Crippen LogP) is 3.19. The summed E-state index contributed by atoms with van der Waals surface area (Å²) in [5, 5.41) is 13.8. The predicted molar refractivity (Wildman–Crippen MR) is 82.3 cm³/mol. The second-order valence-electron chi connectivity index (χ2n) is 4.45. The minimum atomic E-state index is -0.633. The Hall–Kier alpha value is -2.60. The molecule has 6 nitrogen and oxygen atoms in total. The number of nitrogens with one attached hydrogen (secondary N) is 1. The molecule has 0 saturated carbocycles. The van der Waals surface area contributed by atoms with Gasteiger partial charge in [0.1, 0.15) is 11.3 Å². The molecular weight excluding hydrogens is 308 g/mol. The molecule has 0 atom stereocenters. The van der Waals surface area contributed by atoms with Crippen LogP contribution in [-0.2, 0) is 6.54 Å². The van der Waals surface area contributed by atoms with Crippen LogP contribution in [0.3, 0.4) is 0 Å². The summed E-state index contributed by atoms with van der Waals surface area (Å²) in [6, 6.07) is 11.1. The highest BCUT2D eigenvalue weighted by molar-refractivity contribution is 6.31. The number of amides is 1. The quantitative estimate of drug-likeness (QED) is 0.677. The number of nitro groups is 1. The highest BCUT2D eigenvalue weighted by Crippen LogP contribution is 2.23. The summed E-state index contributed by atoms with van der Waals surface area (Å²) in [6.45, 7) is 0.232. The first kappa shape index (κ1) is 15.8. The van der Waals surface area contributed by atoms with Crippen LogP contribution in [-0.4, -0.2) is 17.9 Å². The lowest BCUT2D eigenvalue weighted by atomic mass is 10.1. The van der Waals surface area contributed by atoms with Gasteiger partial charge in [0.05, 0.1) is 12.0 Å². The Kier molecular flexibility index (Phi) is 4.95. The van der Waals surface area contributed by atoms with E-state index in [9.17, 15) is 14.9 Å². The fourth-order valence-corrected chi connectivity index (χ4v) is 2.07. The molecule has 0 fully saturated rings. The van der Waals surface area contributed by atoms with Crippen LogP contribution in [0.25, 0.3) is 0 Å². The molecule has 0 radical (unpaired) electrons. The van der Waals surface area contributed by atoms with Gasteiger partial charge < -0.3 is 10.1 Å². The number of methoxy groups -OCH3 is 1. The van der Waals surface area contributed by atoms with Crippen LogP contribution < -0.4 is 10.1 Å². The summed E-state index contributed by atoms with van der Waals surface area (Å²) >= 11 is 5.72. The molecule has 1 N–H and O–H groups in total. The maximum Gasteiger partial charge on any atom is 0.283 e. The van der Waals surface area contributed by atoms with Crippen LogP contribution in [0, 0.1) is 10.1 Å². The van der Waals surface area contributed by atoms with Gasteiger partial charge in [-0.2, -0.15) is 0 Å². The van der Waals surface area contributed by atoms with E-state index in [4.69, 9.17) is 16.3 Å². The molecule has 0 unspecified atom stereocenters. The van der Waals surface area contributed by atoms with Crippen molar-refractivity contribution in [2.45, 2.75) is 6.54 Å². The maximum absolute atomic E-state index is 12.1. The summed E-state index contributed by atoms with van der Waals surface area (Å²) < 4.78 is 5.09. The third kappa shape index (κ3) is 3.73. The van der Waals surface area contributed by atoms with Crippen LogP contribution in [0.2, 0.25) is 5.02 Å². The van der Waals surface area contributed by atoms with Crippen molar-refractivity contribution in [3.8, 4) is 5.75 Å². The van der Waals surface area contributed by atoms with E-state index in [0.717, 1.165) is 11.6 Å². The van der Waals surface area contributed by atoms with Gasteiger partial charge in [0, 0.05) is 17.6 Å². The van der Waals surface area contributed by atoms with E-state index >= 15 is 0 Å². The first-order valence-corrected chi connectivity index (χ1v) is 6.74. The summed E-state index contributed by atoms with van der Waals surface area (Å²) in [5.74, 6) is 0.135. The van der Waals surface area contributed by atoms with Gasteiger partial charge in [-0.15, -0.1) is 0 Å². The van der Waals surface area contributed by atoms with E-state index in [1.807, 2.05) is 6.07 Å². The zero-order valence-electron chi connectivity index (χ0n) is 11.7. The topological polar surface area (TPSA) is 81.5 Å². The Bertz CT molecular complexity index is 718. The van der Waals surface area contributed by atoms with Crippen molar-refractivity contribution >= 4 is 23.2 Å². The molecule has 0 heterocycles. The first-order valence-electron chi connectivity index (χ1n) is 6.36. The molecule has 1 amide bonds. The Morgan fingerprint density at radius 2 is 2.09 bits per heavy atom. The van der Waals surface area contributed by atoms with Gasteiger partial charge in [-0.05, 0) is 29.8 Å². The molecule has 0 aliphatic carbocycles. The Morgan fingerprint density at radius 1 is 1.32 bits per heavy atom. The Morgan fingerprint density at radius 3 is 2.77 bits per heavy atom. The number of nitro benzene ring substituents is 1. The largest absolute Gasteiger partial charge is 0.497 e. The van der Waals surface area contributed by atoms with E-state index in [1.54, 1.807) is 25.3 Å². The summed E-state index contributed by atoms with van der Waals surface area (Å²) in [6.07, 6.45) is 0. The number of benzene rings is 2. The molecule has 0 aromatic heterocycles. The van der Waals surface area contributed by atoms with Crippen LogP contribution in [0.5, 0.6) is 5.75 Å². The van der Waals surface area contributed by atoms with E-state index in [1.165, 1.54) is 12.1 Å². The molecule has 0 aliphatic rings. The van der Waals surface area contributed by atoms with Crippen LogP contribution >= 0.6 is 11.6 Å². The minimum absolute atomic E-state index is 0.0303. The van der Waals surface area contributed by atoms with Crippen molar-refractivity contribution in [1.29, 1.82) is 0 Å². The van der Waals surface area contributed by atoms with Gasteiger partial charge in [0.2, 0.25) is 0 Å². The van der Waals surface area contributed by atoms with E-state index < -0.39 is 10.8 Å². The molecule has 7 heteroatoms. The smallest absolute Gasteiger partial charge is 0.283 e. The second kappa shape index (κ2) is 6.91. The van der Waals surface area contributed by atoms with Crippen molar-refractivity contribution in [3.63, 3.8) is 0 Å². The first-order chi connectivity index (χ1) is 10.5. The SMILES string of the molecule is COc1cccc(CNC(=O)c2ccc(Cl)cc2[N+](=O)[O-])c1. The number of rotatable bonds is 5. The Labute approximate surface area is 131 Å². The lowest BCUT2D eigenvalue weighted by Crippen LogP contribution is -2.23. The van der Waals surface area contributed by atoms with Gasteiger partial charge in [-0.1, -0.05) is 23.7 Å². The normalized spacial score (nSPS) is 10.1. The molecule has 22 heavy (non-hydrogen) atoms. The molecule has 0 bridgehead atoms. The fraction of sp³-hybridized carbons (Fsp3) is 0.133. The molecule has 2 aromatic rings. The van der Waals surface area contributed by atoms with E-state index in [-0.39, 0.29) is 22.8 Å². The van der Waals surface area contributed by atoms with E-state index in [2.05, 4.69) is 5.32 Å². The monoisotopic (exact) mass is 320 g/mol. The molecular formula is C15H13ClN2O4. The lowest BCUT2D eigenvalue weighted by Gasteiger charge is -2.07. The third-order valence-electron chi connectivity index (χ3n) is 2.99. The highest BCUT2D eigenvalue weighted by Gasteiger charge is 2.20. The van der Waals surface area contributed by atoms with Crippen LogP contribution in [0.4, 0.5) is 5.69 Å². The van der Waals surface area contributed by atoms with Crippen molar-refractivity contribution in [2.24, 2.45) is 0 Å². The number of ether oxygens (including phenoxy) is 1. The van der Waals surface area contributed by atoms with Crippen LogP contribution in [0.1, 0.15) is 15.9 Å². The highest BCUT2D eigenvalue weighted by atomic mass is 35.5. The lowest BCUT2D eigenvalue weighted by molar-refractivity contribution is -0.385. The van der Waals surface area contributed by atoms with Gasteiger partial charge in [0.15, 0.2) is 0 Å². The van der Waals surface area contributed by atoms with Gasteiger partial charge in [0.25, 0.3) is 11.6 Å². The molecule has 0 aliphatic heterocycles. The fourth-order valence-electron chi connectivity index (χ4n) is 1.91. The van der Waals surface area contributed by atoms with Crippen molar-refractivity contribution < 1.29 is 14.5 Å². The van der Waals surface area contributed by atoms with Crippen molar-refractivity contribution in [1.82, 2.24) is 5.32 Å². The van der Waals surface area contributed by atoms with Crippen LogP contribution in [0.15, 0.2) is 42.5 Å². The number of carbonyl (C=O) groups excluding carboxylic acids is 1. The zero-order chi connectivity index (χ0) is 16.1. The molecule has 0 saturated heterocycles. The molecule has 2 aromatic carbocycles. The summed E-state index contributed by atoms with van der Waals surface area (Å²) in [4.78, 5) is 22.5. The molecule has 114 valence electrons. The Balaban J connectivity index is 2.14. The second-order valence-corrected chi connectivity index (χ2v) is 4.89. The number of nitrogens with zero attached hydrogens (tertiary/aromatic N) is 1. The summed E-state index contributed by atoms with van der Waals surface area (Å²) in [5.41, 5.74) is 0.470. The van der Waals surface area contributed by atoms with Crippen molar-refractivity contribution in [3.05, 3.63) is 68.7 Å². The average Bonchev–Trinajstić information content (AvgIpc) is 2.52. The van der Waals surface area contributed by atoms with Gasteiger partial charge >= 0.3 is 0 Å². The van der Waals surface area contributed by atoms with E-state index in [0.29, 0.717) is 5.75 Å². The maximum atomic E-state index is 12.1. The number of hydrogen-bond donors (Lipinski definition) is 1. The third-order valence-corrected chi connectivity index (χ3v) is 3.22. The zero-order valence-corrected chi connectivity index (χ0v) is 12.5. The minimum Gasteiger partial charge on any atom is -0.497 e. The molecule has 0 spiro atoms. The van der Waals surface area contributed by atoms with Crippen molar-refractivity contribution in [2.75, 3.05) is 7.11 Å². The number of carbonyl (C=O) groups is 1. The number of halogens is 1. The summed E-state index contributed by atoms with van der Waals surface area (Å²) in [7, 11) is 1.55. The number of hydrogen-bond acceptors (Lipinski definition) is 4. The molecule has 2 rings (SSSR count).